The summed E-state index contributed by atoms with van der Waals surface area (Å²) in [6.07, 6.45) is 0.124. The molecule has 2 amide bonds. The molecule has 3 N–H and O–H groups in total. The molecule has 0 unspecified atom stereocenters. The van der Waals surface area contributed by atoms with E-state index in [-0.39, 0.29) is 24.4 Å². The lowest BCUT2D eigenvalue weighted by molar-refractivity contribution is -0.153. The Morgan fingerprint density at radius 2 is 1.56 bits per heavy atom. The van der Waals surface area contributed by atoms with Crippen LogP contribution in [0, 0.1) is 5.41 Å². The summed E-state index contributed by atoms with van der Waals surface area (Å²) in [4.78, 5) is 33.8. The van der Waals surface area contributed by atoms with Crippen molar-refractivity contribution in [2.75, 3.05) is 6.54 Å². The maximum absolute atomic E-state index is 11.5. The highest BCUT2D eigenvalue weighted by molar-refractivity contribution is 6.01. The van der Waals surface area contributed by atoms with Crippen molar-refractivity contribution in [1.82, 2.24) is 10.6 Å². The van der Waals surface area contributed by atoms with Gasteiger partial charge in [-0.25, -0.2) is 0 Å². The molecule has 0 aromatic heterocycles. The maximum atomic E-state index is 11.5. The Morgan fingerprint density at radius 3 is 1.94 bits per heavy atom. The fourth-order valence-electron chi connectivity index (χ4n) is 1.09. The van der Waals surface area contributed by atoms with Gasteiger partial charge in [-0.1, -0.05) is 0 Å². The van der Waals surface area contributed by atoms with Gasteiger partial charge in [0.1, 0.15) is 5.41 Å². The molecule has 0 saturated heterocycles. The fourth-order valence-corrected chi connectivity index (χ4v) is 1.09. The van der Waals surface area contributed by atoms with Gasteiger partial charge in [0.2, 0.25) is 11.8 Å². The first-order chi connectivity index (χ1) is 7.97. The van der Waals surface area contributed by atoms with Crippen LogP contribution in [0.1, 0.15) is 41.0 Å². The molecule has 18 heavy (non-hydrogen) atoms. The first-order valence-corrected chi connectivity index (χ1v) is 5.79. The number of carboxylic acid groups (broad SMARTS) is 1. The first-order valence-electron chi connectivity index (χ1n) is 5.79. The van der Waals surface area contributed by atoms with E-state index < -0.39 is 17.3 Å². The number of carboxylic acids is 1. The molecule has 0 fully saturated rings. The molecule has 0 aliphatic carbocycles. The van der Waals surface area contributed by atoms with Gasteiger partial charge < -0.3 is 15.7 Å². The molecule has 0 spiro atoms. The van der Waals surface area contributed by atoms with Gasteiger partial charge in [0.25, 0.3) is 0 Å². The molecule has 0 aromatic rings. The van der Waals surface area contributed by atoms with Crippen molar-refractivity contribution in [1.29, 1.82) is 0 Å². The van der Waals surface area contributed by atoms with Crippen LogP contribution >= 0.6 is 0 Å². The zero-order chi connectivity index (χ0) is 14.6. The second kappa shape index (κ2) is 5.84. The summed E-state index contributed by atoms with van der Waals surface area (Å²) in [5.41, 5.74) is -1.80. The van der Waals surface area contributed by atoms with Gasteiger partial charge in [-0.2, -0.15) is 0 Å². The van der Waals surface area contributed by atoms with Crippen molar-refractivity contribution in [3.63, 3.8) is 0 Å². The lowest BCUT2D eigenvalue weighted by Gasteiger charge is -2.21. The number of carbonyl (C=O) groups excluding carboxylic acids is 2. The normalized spacial score (nSPS) is 11.8. The van der Waals surface area contributed by atoms with E-state index in [9.17, 15) is 14.4 Å². The molecule has 0 saturated carbocycles. The van der Waals surface area contributed by atoms with E-state index in [0.29, 0.717) is 0 Å². The lowest BCUT2D eigenvalue weighted by Crippen LogP contribution is -2.45. The molecule has 0 aromatic carbocycles. The molecule has 0 radical (unpaired) electrons. The Labute approximate surface area is 107 Å². The smallest absolute Gasteiger partial charge is 0.318 e. The zero-order valence-corrected chi connectivity index (χ0v) is 11.6. The van der Waals surface area contributed by atoms with E-state index in [1.165, 1.54) is 13.8 Å². The molecule has 0 heterocycles. The Kier molecular flexibility index (Phi) is 5.32. The van der Waals surface area contributed by atoms with Crippen LogP contribution in [0.5, 0.6) is 0 Å². The molecule has 6 heteroatoms. The number of carbonyl (C=O) groups is 3. The quantitative estimate of drug-likeness (QED) is 0.626. The monoisotopic (exact) mass is 258 g/mol. The number of hydrogen-bond donors (Lipinski definition) is 3. The fraction of sp³-hybridized carbons (Fsp3) is 0.750. The molecule has 0 rings (SSSR count). The highest BCUT2D eigenvalue weighted by Crippen LogP contribution is 2.14. The molecule has 104 valence electrons. The number of rotatable bonds is 5. The third kappa shape index (κ3) is 5.65. The van der Waals surface area contributed by atoms with Crippen LogP contribution in [0.2, 0.25) is 0 Å². The summed E-state index contributed by atoms with van der Waals surface area (Å²) >= 11 is 0. The number of hydrogen-bond acceptors (Lipinski definition) is 3. The Hall–Kier alpha value is -1.59. The van der Waals surface area contributed by atoms with Crippen molar-refractivity contribution >= 4 is 17.8 Å². The summed E-state index contributed by atoms with van der Waals surface area (Å²) < 4.78 is 0. The highest BCUT2D eigenvalue weighted by Gasteiger charge is 2.35. The predicted molar refractivity (Wildman–Crippen MR) is 66.9 cm³/mol. The number of aliphatic carboxylic acids is 1. The summed E-state index contributed by atoms with van der Waals surface area (Å²) in [7, 11) is 0. The van der Waals surface area contributed by atoms with Crippen LogP contribution < -0.4 is 10.6 Å². The van der Waals surface area contributed by atoms with Crippen molar-refractivity contribution < 1.29 is 19.5 Å². The lowest BCUT2D eigenvalue weighted by atomic mass is 9.93. The van der Waals surface area contributed by atoms with Gasteiger partial charge in [-0.15, -0.1) is 0 Å². The van der Waals surface area contributed by atoms with Gasteiger partial charge in [0, 0.05) is 18.5 Å². The van der Waals surface area contributed by atoms with Crippen molar-refractivity contribution in [2.24, 2.45) is 5.41 Å². The number of amides is 2. The third-order valence-electron chi connectivity index (χ3n) is 2.25. The second-order valence-electron chi connectivity index (χ2n) is 5.73. The maximum Gasteiger partial charge on any atom is 0.318 e. The predicted octanol–water partition coefficient (Wildman–Crippen LogP) is 0.518. The van der Waals surface area contributed by atoms with Gasteiger partial charge in [-0.05, 0) is 34.6 Å². The average Bonchev–Trinajstić information content (AvgIpc) is 2.14. The minimum atomic E-state index is -1.49. The van der Waals surface area contributed by atoms with E-state index in [2.05, 4.69) is 10.6 Å². The van der Waals surface area contributed by atoms with E-state index in [4.69, 9.17) is 5.11 Å². The number of nitrogens with one attached hydrogen (secondary N) is 2. The Bertz CT molecular complexity index is 342. The van der Waals surface area contributed by atoms with Gasteiger partial charge in [-0.3, -0.25) is 14.4 Å². The van der Waals surface area contributed by atoms with Crippen LogP contribution in [0.3, 0.4) is 0 Å². The topological polar surface area (TPSA) is 95.5 Å². The molecule has 6 nitrogen and oxygen atoms in total. The van der Waals surface area contributed by atoms with E-state index >= 15 is 0 Å². The second-order valence-corrected chi connectivity index (χ2v) is 5.73. The van der Waals surface area contributed by atoms with Crippen LogP contribution in [0.4, 0.5) is 0 Å². The molecule has 0 aliphatic rings. The largest absolute Gasteiger partial charge is 0.480 e. The zero-order valence-electron chi connectivity index (χ0n) is 11.6. The Morgan fingerprint density at radius 1 is 1.06 bits per heavy atom. The molecular weight excluding hydrogens is 236 g/mol. The van der Waals surface area contributed by atoms with Crippen LogP contribution in [-0.2, 0) is 14.4 Å². The standard InChI is InChI=1S/C12H22N2O4/c1-11(2,3)14-8(15)6-7-13-9(16)12(4,5)10(17)18/h6-7H2,1-5H3,(H,13,16)(H,14,15)(H,17,18). The minimum Gasteiger partial charge on any atom is -0.480 e. The summed E-state index contributed by atoms with van der Waals surface area (Å²) in [6, 6.07) is 0. The van der Waals surface area contributed by atoms with Crippen LogP contribution in [0.25, 0.3) is 0 Å². The van der Waals surface area contributed by atoms with Crippen molar-refractivity contribution in [3.8, 4) is 0 Å². The van der Waals surface area contributed by atoms with Crippen LogP contribution in [-0.4, -0.2) is 35.0 Å². The molecule has 0 atom stereocenters. The summed E-state index contributed by atoms with van der Waals surface area (Å²) in [5, 5.41) is 14.0. The van der Waals surface area contributed by atoms with Crippen LogP contribution in [0.15, 0.2) is 0 Å². The highest BCUT2D eigenvalue weighted by atomic mass is 16.4. The molecule has 0 bridgehead atoms. The minimum absolute atomic E-state index is 0.122. The van der Waals surface area contributed by atoms with E-state index in [0.717, 1.165) is 0 Å². The van der Waals surface area contributed by atoms with Crippen molar-refractivity contribution in [2.45, 2.75) is 46.6 Å². The summed E-state index contributed by atoms with van der Waals surface area (Å²) in [6.45, 7) is 8.34. The van der Waals surface area contributed by atoms with Crippen molar-refractivity contribution in [3.05, 3.63) is 0 Å². The SMILES string of the molecule is CC(C)(C)NC(=O)CCNC(=O)C(C)(C)C(=O)O. The summed E-state index contributed by atoms with van der Waals surface area (Å²) in [5.74, 6) is -1.98. The Balaban J connectivity index is 4.11. The van der Waals surface area contributed by atoms with Gasteiger partial charge in [0.15, 0.2) is 0 Å². The first kappa shape index (κ1) is 16.4. The molecular formula is C12H22N2O4. The average molecular weight is 258 g/mol. The molecule has 0 aliphatic heterocycles. The van der Waals surface area contributed by atoms with Gasteiger partial charge >= 0.3 is 5.97 Å². The van der Waals surface area contributed by atoms with E-state index in [1.807, 2.05) is 20.8 Å². The van der Waals surface area contributed by atoms with E-state index in [1.54, 1.807) is 0 Å². The van der Waals surface area contributed by atoms with Gasteiger partial charge in [0.05, 0.1) is 0 Å². The third-order valence-corrected chi connectivity index (χ3v) is 2.25.